The van der Waals surface area contributed by atoms with Crippen LogP contribution >= 0.6 is 15.6 Å². The first kappa shape index (κ1) is 47.1. The van der Waals surface area contributed by atoms with Crippen molar-refractivity contribution >= 4 is 45.1 Å². The highest BCUT2D eigenvalue weighted by atomic mass is 31.3. The van der Waals surface area contributed by atoms with Crippen molar-refractivity contribution in [1.82, 2.24) is 14.3 Å². The van der Waals surface area contributed by atoms with E-state index in [0.717, 1.165) is 4.57 Å². The summed E-state index contributed by atoms with van der Waals surface area (Å²) in [6.45, 7) is 8.22. The fraction of sp³-hybridized carbons (Fsp3) is 0.588. The fourth-order valence-corrected chi connectivity index (χ4v) is 7.82. The van der Waals surface area contributed by atoms with Crippen molar-refractivity contribution in [3.8, 4) is 0 Å². The van der Waals surface area contributed by atoms with E-state index in [4.69, 9.17) is 60.1 Å². The minimum Gasteiger partial charge on any atom is -0.432 e. The number of carbonyl (C=O) groups is 3. The number of hydrogen-bond donors (Lipinski definition) is 0. The number of hydrogen-bond acceptors (Lipinski definition) is 21. The average Bonchev–Trinajstić information content (AvgIpc) is 3.67. The number of nitrogens with zero attached hydrogens (tertiary/aromatic N) is 3. The maximum absolute atomic E-state index is 14.2. The molecule has 0 saturated carbocycles. The molecule has 0 aliphatic carbocycles. The first-order valence-electron chi connectivity index (χ1n) is 18.0. The lowest BCUT2D eigenvalue weighted by atomic mass is 9.85. The Morgan fingerprint density at radius 3 is 1.83 bits per heavy atom. The summed E-state index contributed by atoms with van der Waals surface area (Å²) < 4.78 is 96.1. The van der Waals surface area contributed by atoms with E-state index in [9.17, 15) is 33.1 Å². The largest absolute Gasteiger partial charge is 0.510 e. The molecule has 1 aliphatic heterocycles. The number of benzene rings is 1. The third-order valence-corrected chi connectivity index (χ3v) is 11.1. The summed E-state index contributed by atoms with van der Waals surface area (Å²) in [5, 5.41) is 4.63. The van der Waals surface area contributed by atoms with Gasteiger partial charge >= 0.3 is 39.8 Å². The Hall–Kier alpha value is -4.60. The number of ether oxygens (including phenoxy) is 7. The Kier molecular flexibility index (Phi) is 16.4. The van der Waals surface area contributed by atoms with Crippen molar-refractivity contribution in [3.05, 3.63) is 63.1 Å². The van der Waals surface area contributed by atoms with Gasteiger partial charge in [0, 0.05) is 24.1 Å². The zero-order chi connectivity index (χ0) is 43.5. The molecule has 4 rings (SSSR count). The van der Waals surface area contributed by atoms with Crippen LogP contribution in [-0.4, -0.2) is 84.2 Å². The minimum absolute atomic E-state index is 0.153. The highest BCUT2D eigenvalue weighted by Gasteiger charge is 2.47. The standard InChI is InChI=1S/C34H47N3O20P2/c1-21(2)52-31(40)45-18-49-58(43,57-59(44,50-19-46-32(41)53-22(3)4)51-20-47-33(42)54-23(5)6)48-17-27-34(7,8)15-29(55-27)36-14-13-28(38)37(30(36)39)16-25-24-11-9-10-12-26(24)56-35-25/h9-14,21-23,27,29H,15-20H2,1-8H3/t27-,29-,58?/m1/s1. The summed E-state index contributed by atoms with van der Waals surface area (Å²) in [4.78, 5) is 62.5. The topological polar surface area (TPSA) is 266 Å². The average molecular weight is 880 g/mol. The van der Waals surface area contributed by atoms with E-state index in [-0.39, 0.29) is 13.0 Å². The predicted molar refractivity (Wildman–Crippen MR) is 199 cm³/mol. The lowest BCUT2D eigenvalue weighted by Crippen LogP contribution is -2.40. The molecule has 0 bridgehead atoms. The van der Waals surface area contributed by atoms with Crippen LogP contribution in [0.15, 0.2) is 50.6 Å². The van der Waals surface area contributed by atoms with Crippen LogP contribution in [0.25, 0.3) is 11.0 Å². The summed E-state index contributed by atoms with van der Waals surface area (Å²) >= 11 is 0. The van der Waals surface area contributed by atoms with Crippen LogP contribution in [0, 0.1) is 5.41 Å². The van der Waals surface area contributed by atoms with Gasteiger partial charge in [0.25, 0.3) is 5.56 Å². The Labute approximate surface area is 337 Å². The van der Waals surface area contributed by atoms with Crippen LogP contribution < -0.4 is 11.2 Å². The fourth-order valence-electron chi connectivity index (χ4n) is 5.08. The Balaban J connectivity index is 1.55. The van der Waals surface area contributed by atoms with Gasteiger partial charge in [-0.05, 0) is 59.1 Å². The Morgan fingerprint density at radius 2 is 1.31 bits per heavy atom. The molecular formula is C34H47N3O20P2. The Morgan fingerprint density at radius 1 is 0.797 bits per heavy atom. The molecule has 3 atom stereocenters. The first-order valence-corrected chi connectivity index (χ1v) is 20.9. The lowest BCUT2D eigenvalue weighted by molar-refractivity contribution is -0.0570. The Bertz CT molecular complexity index is 2100. The van der Waals surface area contributed by atoms with E-state index >= 15 is 0 Å². The van der Waals surface area contributed by atoms with Crippen molar-refractivity contribution in [2.24, 2.45) is 5.41 Å². The van der Waals surface area contributed by atoms with Crippen molar-refractivity contribution < 1.29 is 83.6 Å². The van der Waals surface area contributed by atoms with E-state index in [1.165, 1.54) is 58.4 Å². The quantitative estimate of drug-likeness (QED) is 0.0516. The molecule has 0 N–H and O–H groups in total. The minimum atomic E-state index is -5.30. The van der Waals surface area contributed by atoms with Crippen LogP contribution in [-0.2, 0) is 71.2 Å². The van der Waals surface area contributed by atoms with E-state index in [1.807, 2.05) is 0 Å². The molecule has 1 unspecified atom stereocenters. The summed E-state index contributed by atoms with van der Waals surface area (Å²) in [7, 11) is -10.6. The van der Waals surface area contributed by atoms with Gasteiger partial charge in [0.2, 0.25) is 20.4 Å². The number of fused-ring (bicyclic) bond motifs is 1. The maximum Gasteiger partial charge on any atom is 0.510 e. The number of carbonyl (C=O) groups excluding carboxylic acids is 3. The van der Waals surface area contributed by atoms with Crippen molar-refractivity contribution in [3.63, 3.8) is 0 Å². The number of rotatable bonds is 20. The molecule has 1 saturated heterocycles. The summed E-state index contributed by atoms with van der Waals surface area (Å²) in [5.41, 5.74) is -1.38. The molecule has 1 aliphatic rings. The zero-order valence-corrected chi connectivity index (χ0v) is 35.3. The van der Waals surface area contributed by atoms with Crippen LogP contribution in [0.1, 0.15) is 73.7 Å². The molecule has 328 valence electrons. The lowest BCUT2D eigenvalue weighted by Gasteiger charge is -2.27. The van der Waals surface area contributed by atoms with E-state index in [2.05, 4.69) is 5.16 Å². The number of phosphoric acid groups is 2. The van der Waals surface area contributed by atoms with Crippen LogP contribution in [0.2, 0.25) is 0 Å². The molecule has 59 heavy (non-hydrogen) atoms. The molecule has 0 radical (unpaired) electrons. The van der Waals surface area contributed by atoms with Gasteiger partial charge < -0.3 is 37.7 Å². The van der Waals surface area contributed by atoms with E-state index < -0.39 is 108 Å². The SMILES string of the molecule is CC(C)OC(=O)OCOP(=O)(OCOC(=O)OC(C)C)OP(=O)(OCOC(=O)OC(C)C)OC[C@H]1O[C@@H](n2ccc(=O)n(Cc3noc4ccccc34)c2=O)CC1(C)C. The number of phosphoric ester groups is 2. The molecule has 1 aromatic carbocycles. The van der Waals surface area contributed by atoms with Gasteiger partial charge in [0.1, 0.15) is 11.9 Å². The van der Waals surface area contributed by atoms with Crippen molar-refractivity contribution in [1.29, 1.82) is 0 Å². The van der Waals surface area contributed by atoms with Gasteiger partial charge in [-0.15, -0.1) is 0 Å². The van der Waals surface area contributed by atoms with Crippen molar-refractivity contribution in [2.45, 2.75) is 99.0 Å². The first-order chi connectivity index (χ1) is 27.7. The second-order valence-corrected chi connectivity index (χ2v) is 17.5. The van der Waals surface area contributed by atoms with Gasteiger partial charge in [0.05, 0.1) is 37.6 Å². The van der Waals surface area contributed by atoms with Gasteiger partial charge in [0.15, 0.2) is 5.58 Å². The molecule has 3 heterocycles. The van der Waals surface area contributed by atoms with Crippen LogP contribution in [0.5, 0.6) is 0 Å². The third kappa shape index (κ3) is 14.0. The third-order valence-electron chi connectivity index (χ3n) is 7.80. The van der Waals surface area contributed by atoms with Gasteiger partial charge in [-0.1, -0.05) is 31.1 Å². The molecule has 23 nitrogen and oxygen atoms in total. The molecule has 0 spiro atoms. The van der Waals surface area contributed by atoms with E-state index in [1.54, 1.807) is 38.1 Å². The molecule has 0 amide bonds. The molecule has 2 aromatic heterocycles. The molecule has 25 heteroatoms. The predicted octanol–water partition coefficient (Wildman–Crippen LogP) is 6.37. The monoisotopic (exact) mass is 879 g/mol. The number of aromatic nitrogens is 3. The van der Waals surface area contributed by atoms with Crippen LogP contribution in [0.3, 0.4) is 0 Å². The smallest absolute Gasteiger partial charge is 0.432 e. The second kappa shape index (κ2) is 20.6. The number of para-hydroxylation sites is 1. The normalized spacial score (nSPS) is 17.5. The summed E-state index contributed by atoms with van der Waals surface area (Å²) in [6, 6.07) is 8.12. The van der Waals surface area contributed by atoms with E-state index in [0.29, 0.717) is 16.7 Å². The molecule has 1 fully saturated rings. The van der Waals surface area contributed by atoms with Gasteiger partial charge in [-0.2, -0.15) is 4.31 Å². The summed E-state index contributed by atoms with van der Waals surface area (Å²) in [6.07, 6.45) is -6.19. The highest BCUT2D eigenvalue weighted by molar-refractivity contribution is 7.62. The van der Waals surface area contributed by atoms with Crippen LogP contribution in [0.4, 0.5) is 14.4 Å². The zero-order valence-electron chi connectivity index (χ0n) is 33.5. The summed E-state index contributed by atoms with van der Waals surface area (Å²) in [5.74, 6) is 0. The second-order valence-electron chi connectivity index (χ2n) is 14.0. The van der Waals surface area contributed by atoms with Gasteiger partial charge in [-0.25, -0.2) is 41.9 Å². The van der Waals surface area contributed by atoms with Gasteiger partial charge in [-0.3, -0.25) is 18.5 Å². The highest BCUT2D eigenvalue weighted by Crippen LogP contribution is 2.66. The van der Waals surface area contributed by atoms with Crippen molar-refractivity contribution in [2.75, 3.05) is 27.0 Å². The molecule has 3 aromatic rings. The maximum atomic E-state index is 14.2. The molecular weight excluding hydrogens is 832 g/mol.